The number of benzene rings is 3. The number of aromatic nitrogens is 2. The molecule has 61 heavy (non-hydrogen) atoms. The van der Waals surface area contributed by atoms with Crippen LogP contribution < -0.4 is 30.9 Å². The van der Waals surface area contributed by atoms with Crippen molar-refractivity contribution in [1.82, 2.24) is 25.1 Å². The maximum absolute atomic E-state index is 13.2. The number of carbonyl (C=O) groups excluding carboxylic acids is 3. The van der Waals surface area contributed by atoms with E-state index in [1.807, 2.05) is 24.3 Å². The molecule has 0 bridgehead atoms. The number of thioether (sulfide) groups is 1. The molecular formula is C43H52ClN8O7PS. The number of methoxy groups -OCH3 is 1. The summed E-state index contributed by atoms with van der Waals surface area (Å²) in [7, 11) is 0.747. The maximum Gasteiger partial charge on any atom is 0.362 e. The Morgan fingerprint density at radius 3 is 2.44 bits per heavy atom. The number of piperazine rings is 1. The van der Waals surface area contributed by atoms with Gasteiger partial charge in [0.05, 0.1) is 30.0 Å². The van der Waals surface area contributed by atoms with Crippen LogP contribution in [0.15, 0.2) is 71.8 Å². The highest BCUT2D eigenvalue weighted by molar-refractivity contribution is 7.99. The fourth-order valence-corrected chi connectivity index (χ4v) is 10.4. The van der Waals surface area contributed by atoms with Crippen LogP contribution in [0.5, 0.6) is 5.75 Å². The summed E-state index contributed by atoms with van der Waals surface area (Å²) in [4.78, 5) is 53.8. The van der Waals surface area contributed by atoms with Crippen LogP contribution in [0.3, 0.4) is 0 Å². The number of rotatable bonds is 19. The van der Waals surface area contributed by atoms with Gasteiger partial charge in [0, 0.05) is 75.6 Å². The number of nitrogens with one attached hydrogen (secondary N) is 3. The Morgan fingerprint density at radius 1 is 0.902 bits per heavy atom. The lowest BCUT2D eigenvalue weighted by Gasteiger charge is -2.36. The molecule has 4 heterocycles. The lowest BCUT2D eigenvalue weighted by atomic mass is 10.0. The van der Waals surface area contributed by atoms with Crippen LogP contribution in [0.4, 0.5) is 28.8 Å². The summed E-state index contributed by atoms with van der Waals surface area (Å²) in [6.07, 6.45) is 7.92. The Balaban J connectivity index is 0.823. The summed E-state index contributed by atoms with van der Waals surface area (Å²) in [5.41, 5.74) is 3.91. The zero-order valence-electron chi connectivity index (χ0n) is 34.7. The molecule has 3 N–H and O–H groups in total. The number of amides is 3. The normalized spacial score (nSPS) is 17.0. The predicted molar refractivity (Wildman–Crippen MR) is 239 cm³/mol. The number of hydrogen-bond acceptors (Lipinski definition) is 14. The molecule has 18 heteroatoms. The van der Waals surface area contributed by atoms with Gasteiger partial charge in [-0.15, -0.1) is 11.8 Å². The molecule has 0 aliphatic carbocycles. The fraction of sp³-hybridized carbons (Fsp3) is 0.419. The van der Waals surface area contributed by atoms with E-state index in [1.165, 1.54) is 39.7 Å². The average Bonchev–Trinajstić information content (AvgIpc) is 3.62. The number of carbonyl (C=O) groups is 3. The van der Waals surface area contributed by atoms with Gasteiger partial charge >= 0.3 is 7.60 Å². The quantitative estimate of drug-likeness (QED) is 0.0370. The molecule has 1 atom stereocenters. The van der Waals surface area contributed by atoms with Crippen LogP contribution in [0.1, 0.15) is 60.9 Å². The Kier molecular flexibility index (Phi) is 14.9. The molecule has 15 nitrogen and oxygen atoms in total. The van der Waals surface area contributed by atoms with Gasteiger partial charge in [-0.3, -0.25) is 29.2 Å². The van der Waals surface area contributed by atoms with Gasteiger partial charge in [0.15, 0.2) is 5.82 Å². The number of unbranched alkanes of at least 4 members (excludes halogenated alkanes) is 4. The summed E-state index contributed by atoms with van der Waals surface area (Å²) in [6.45, 7) is 5.32. The zero-order chi connectivity index (χ0) is 42.9. The van der Waals surface area contributed by atoms with Crippen molar-refractivity contribution in [3.05, 3.63) is 83.0 Å². The van der Waals surface area contributed by atoms with Crippen molar-refractivity contribution in [3.8, 4) is 5.75 Å². The van der Waals surface area contributed by atoms with Crippen LogP contribution in [0, 0.1) is 0 Å². The third-order valence-electron chi connectivity index (χ3n) is 11.3. The molecule has 2 saturated heterocycles. The number of nitrogens with zero attached hydrogens (tertiary/aromatic N) is 5. The van der Waals surface area contributed by atoms with Gasteiger partial charge in [-0.1, -0.05) is 49.1 Å². The van der Waals surface area contributed by atoms with E-state index in [-0.39, 0.29) is 29.2 Å². The van der Waals surface area contributed by atoms with Crippen molar-refractivity contribution < 1.29 is 32.7 Å². The molecule has 0 radical (unpaired) electrons. The van der Waals surface area contributed by atoms with Crippen LogP contribution in [0.25, 0.3) is 0 Å². The van der Waals surface area contributed by atoms with E-state index in [9.17, 15) is 18.9 Å². The predicted octanol–water partition coefficient (Wildman–Crippen LogP) is 7.36. The Labute approximate surface area is 365 Å². The first kappa shape index (κ1) is 44.4. The second kappa shape index (κ2) is 20.4. The number of anilines is 5. The van der Waals surface area contributed by atoms with Gasteiger partial charge in [0.25, 0.3) is 5.91 Å². The summed E-state index contributed by atoms with van der Waals surface area (Å²) in [5, 5.41) is 9.40. The number of halogens is 1. The molecule has 7 rings (SSSR count). The van der Waals surface area contributed by atoms with E-state index in [0.717, 1.165) is 67.5 Å². The van der Waals surface area contributed by atoms with Crippen molar-refractivity contribution in [2.45, 2.75) is 62.4 Å². The molecule has 4 aromatic rings. The molecule has 3 aromatic carbocycles. The van der Waals surface area contributed by atoms with Gasteiger partial charge in [-0.2, -0.15) is 4.98 Å². The molecule has 0 saturated carbocycles. The van der Waals surface area contributed by atoms with Gasteiger partial charge < -0.3 is 34.2 Å². The van der Waals surface area contributed by atoms with Crippen molar-refractivity contribution in [2.75, 3.05) is 75.3 Å². The summed E-state index contributed by atoms with van der Waals surface area (Å²) < 4.78 is 29.4. The zero-order valence-corrected chi connectivity index (χ0v) is 37.1. The van der Waals surface area contributed by atoms with E-state index in [2.05, 4.69) is 47.9 Å². The van der Waals surface area contributed by atoms with Crippen molar-refractivity contribution >= 4 is 82.8 Å². The standard InChI is InChI=1S/C43H52ClN8O7PS/c1-57-36-26-29(16-17-33(36)47-43-45-27-32(44)40(49-43)46-34-13-7-8-14-37(34)60(56,58-2)59-3)51-23-21-50(22-24-51)20-9-5-4-6-10-25-61-38-15-11-12-30-31(38)28-52(42(30)55)35-18-19-39(53)48-41(35)54/h7-8,11-17,26-27,35H,4-6,9-10,18-25,28H2,1-3H3,(H,48,53,54)(H2,45,46,47,49). The second-order valence-corrected chi connectivity index (χ2v) is 18.8. The lowest BCUT2D eigenvalue weighted by Crippen LogP contribution is -2.52. The van der Waals surface area contributed by atoms with Crippen LogP contribution in [-0.2, 0) is 29.7 Å². The molecule has 3 amide bonds. The number of imide groups is 1. The molecule has 1 unspecified atom stereocenters. The number of piperidine rings is 1. The van der Waals surface area contributed by atoms with Gasteiger partial charge in [-0.05, 0) is 73.5 Å². The highest BCUT2D eigenvalue weighted by Gasteiger charge is 2.40. The number of hydrogen-bond donors (Lipinski definition) is 3. The summed E-state index contributed by atoms with van der Waals surface area (Å²) >= 11 is 8.26. The first-order valence-electron chi connectivity index (χ1n) is 20.5. The highest BCUT2D eigenvalue weighted by Crippen LogP contribution is 2.47. The van der Waals surface area contributed by atoms with Gasteiger partial charge in [0.2, 0.25) is 17.8 Å². The minimum absolute atomic E-state index is 0.127. The monoisotopic (exact) mass is 890 g/mol. The summed E-state index contributed by atoms with van der Waals surface area (Å²) in [5.74, 6) is 1.45. The van der Waals surface area contributed by atoms with Crippen molar-refractivity contribution in [1.29, 1.82) is 0 Å². The minimum atomic E-state index is -3.56. The second-order valence-electron chi connectivity index (χ2n) is 15.0. The van der Waals surface area contributed by atoms with Gasteiger partial charge in [0.1, 0.15) is 16.8 Å². The highest BCUT2D eigenvalue weighted by atomic mass is 35.5. The van der Waals surface area contributed by atoms with E-state index in [0.29, 0.717) is 52.7 Å². The molecule has 1 aromatic heterocycles. The Hall–Kier alpha value is -4.70. The smallest absolute Gasteiger partial charge is 0.362 e. The maximum atomic E-state index is 13.2. The van der Waals surface area contributed by atoms with E-state index in [1.54, 1.807) is 48.0 Å². The molecule has 2 fully saturated rings. The average molecular weight is 891 g/mol. The number of fused-ring (bicyclic) bond motifs is 1. The van der Waals surface area contributed by atoms with Crippen molar-refractivity contribution in [3.63, 3.8) is 0 Å². The molecule has 3 aliphatic heterocycles. The fourth-order valence-electron chi connectivity index (χ4n) is 7.90. The van der Waals surface area contributed by atoms with E-state index >= 15 is 0 Å². The number of para-hydroxylation sites is 1. The topological polar surface area (TPSA) is 168 Å². The third-order valence-corrected chi connectivity index (χ3v) is 14.7. The molecular weight excluding hydrogens is 839 g/mol. The van der Waals surface area contributed by atoms with Crippen molar-refractivity contribution in [2.24, 2.45) is 0 Å². The minimum Gasteiger partial charge on any atom is -0.494 e. The molecule has 324 valence electrons. The Morgan fingerprint density at radius 2 is 1.67 bits per heavy atom. The first-order chi connectivity index (χ1) is 29.6. The van der Waals surface area contributed by atoms with Crippen LogP contribution in [0.2, 0.25) is 5.02 Å². The van der Waals surface area contributed by atoms with Crippen LogP contribution in [-0.4, -0.2) is 103 Å². The first-order valence-corrected chi connectivity index (χ1v) is 23.4. The SMILES string of the molecule is COc1cc(N2CCN(CCCCCCCSc3cccc4c3CN(C3CCC(=O)NC3=O)C4=O)CC2)ccc1Nc1ncc(Cl)c(Nc2ccccc2P(=O)(OC)OC)n1. The molecule has 3 aliphatic rings. The Bertz CT molecular complexity index is 2270. The summed E-state index contributed by atoms with van der Waals surface area (Å²) in [6, 6.07) is 18.2. The van der Waals surface area contributed by atoms with E-state index < -0.39 is 13.6 Å². The number of ether oxygens (including phenoxy) is 1. The van der Waals surface area contributed by atoms with E-state index in [4.69, 9.17) is 25.4 Å². The lowest BCUT2D eigenvalue weighted by molar-refractivity contribution is -0.136. The molecule has 0 spiro atoms. The largest absolute Gasteiger partial charge is 0.494 e. The van der Waals surface area contributed by atoms with Crippen LogP contribution >= 0.6 is 31.0 Å². The van der Waals surface area contributed by atoms with Gasteiger partial charge in [-0.25, -0.2) is 4.98 Å². The third kappa shape index (κ3) is 10.5.